The Labute approximate surface area is 169 Å². The SMILES string of the molecule is CN1CCC23c4c5ccc(O)c4OC2C(=O)C=CC3(OCc2ccccc2)C1C5. The molecule has 0 saturated carbocycles. The summed E-state index contributed by atoms with van der Waals surface area (Å²) < 4.78 is 13.0. The van der Waals surface area contributed by atoms with E-state index < -0.39 is 17.1 Å². The molecule has 5 nitrogen and oxygen atoms in total. The number of ether oxygens (including phenoxy) is 2. The van der Waals surface area contributed by atoms with Crippen molar-refractivity contribution in [1.29, 1.82) is 0 Å². The Morgan fingerprint density at radius 3 is 2.90 bits per heavy atom. The lowest BCUT2D eigenvalue weighted by atomic mass is 9.50. The molecule has 0 radical (unpaired) electrons. The Morgan fingerprint density at radius 2 is 2.07 bits per heavy atom. The molecule has 1 N–H and O–H groups in total. The molecule has 4 atom stereocenters. The van der Waals surface area contributed by atoms with E-state index in [-0.39, 0.29) is 17.6 Å². The van der Waals surface area contributed by atoms with E-state index in [1.54, 1.807) is 12.1 Å². The standard InChI is InChI=1S/C24H23NO4/c1-25-12-11-23-20-16-7-8-17(26)21(20)29-22(23)18(27)9-10-24(23,19(25)13-16)28-14-15-5-3-2-4-6-15/h2-10,19,22,26H,11-14H2,1H3. The van der Waals surface area contributed by atoms with E-state index in [9.17, 15) is 9.90 Å². The number of rotatable bonds is 3. The first kappa shape index (κ1) is 17.2. The summed E-state index contributed by atoms with van der Waals surface area (Å²) in [5.74, 6) is 0.533. The van der Waals surface area contributed by atoms with Gasteiger partial charge in [-0.15, -0.1) is 0 Å². The number of aromatic hydroxyl groups is 1. The highest BCUT2D eigenvalue weighted by atomic mass is 16.5. The number of phenols is 1. The van der Waals surface area contributed by atoms with Gasteiger partial charge in [0.25, 0.3) is 0 Å². The number of piperidine rings is 1. The predicted molar refractivity (Wildman–Crippen MR) is 107 cm³/mol. The fourth-order valence-electron chi connectivity index (χ4n) is 6.15. The Bertz CT molecular complexity index is 1050. The maximum Gasteiger partial charge on any atom is 0.196 e. The zero-order valence-corrected chi connectivity index (χ0v) is 16.3. The summed E-state index contributed by atoms with van der Waals surface area (Å²) in [5, 5.41) is 10.5. The third-order valence-corrected chi connectivity index (χ3v) is 7.42. The van der Waals surface area contributed by atoms with Gasteiger partial charge in [-0.1, -0.05) is 36.4 Å². The van der Waals surface area contributed by atoms with Crippen molar-refractivity contribution in [2.24, 2.45) is 0 Å². The number of carbonyl (C=O) groups is 1. The van der Waals surface area contributed by atoms with Crippen molar-refractivity contribution in [2.45, 2.75) is 42.6 Å². The average Bonchev–Trinajstić information content (AvgIpc) is 3.10. The molecular formula is C24H23NO4. The minimum atomic E-state index is -0.680. The molecule has 2 aliphatic carbocycles. The highest BCUT2D eigenvalue weighted by Crippen LogP contribution is 2.64. The molecule has 1 spiro atoms. The van der Waals surface area contributed by atoms with E-state index in [1.165, 1.54) is 0 Å². The van der Waals surface area contributed by atoms with Crippen LogP contribution in [-0.4, -0.2) is 47.1 Å². The third-order valence-electron chi connectivity index (χ3n) is 7.42. The minimum absolute atomic E-state index is 0.0457. The first-order valence-electron chi connectivity index (χ1n) is 10.2. The lowest BCUT2D eigenvalue weighted by molar-refractivity contribution is -0.178. The molecule has 0 amide bonds. The Kier molecular flexibility index (Phi) is 3.40. The highest BCUT2D eigenvalue weighted by molar-refractivity contribution is 5.99. The summed E-state index contributed by atoms with van der Waals surface area (Å²) in [4.78, 5) is 15.3. The summed E-state index contributed by atoms with van der Waals surface area (Å²) in [7, 11) is 2.13. The maximum absolute atomic E-state index is 13.0. The van der Waals surface area contributed by atoms with Gasteiger partial charge in [0.15, 0.2) is 23.4 Å². The van der Waals surface area contributed by atoms with Gasteiger partial charge < -0.3 is 14.6 Å². The number of hydrogen-bond acceptors (Lipinski definition) is 5. The number of carbonyl (C=O) groups excluding carboxylic acids is 1. The van der Waals surface area contributed by atoms with Gasteiger partial charge in [0.05, 0.1) is 12.0 Å². The van der Waals surface area contributed by atoms with Crippen molar-refractivity contribution < 1.29 is 19.4 Å². The lowest BCUT2D eigenvalue weighted by Gasteiger charge is -2.62. The number of likely N-dealkylation sites (tertiary alicyclic amines) is 1. The van der Waals surface area contributed by atoms with Gasteiger partial charge in [-0.3, -0.25) is 9.69 Å². The van der Waals surface area contributed by atoms with E-state index >= 15 is 0 Å². The number of benzene rings is 2. The van der Waals surface area contributed by atoms with E-state index in [2.05, 4.69) is 24.1 Å². The van der Waals surface area contributed by atoms with Crippen LogP contribution in [0.5, 0.6) is 11.5 Å². The smallest absolute Gasteiger partial charge is 0.196 e. The lowest BCUT2D eigenvalue weighted by Crippen LogP contribution is -2.75. The second-order valence-electron chi connectivity index (χ2n) is 8.67. The van der Waals surface area contributed by atoms with Crippen molar-refractivity contribution in [3.05, 3.63) is 71.3 Å². The molecule has 2 aliphatic heterocycles. The molecule has 6 rings (SSSR count). The number of likely N-dealkylation sites (N-methyl/N-ethyl adjacent to an activating group) is 1. The predicted octanol–water partition coefficient (Wildman–Crippen LogP) is 2.75. The average molecular weight is 389 g/mol. The second-order valence-corrected chi connectivity index (χ2v) is 8.67. The van der Waals surface area contributed by atoms with Crippen LogP contribution in [0.25, 0.3) is 0 Å². The number of phenolic OH excluding ortho intramolecular Hbond substituents is 1. The fourth-order valence-corrected chi connectivity index (χ4v) is 6.15. The highest BCUT2D eigenvalue weighted by Gasteiger charge is 2.72. The summed E-state index contributed by atoms with van der Waals surface area (Å²) >= 11 is 0. The number of nitrogens with zero attached hydrogens (tertiary/aromatic N) is 1. The molecule has 1 saturated heterocycles. The molecule has 2 bridgehead atoms. The molecule has 29 heavy (non-hydrogen) atoms. The summed E-state index contributed by atoms with van der Waals surface area (Å²) in [6.45, 7) is 1.32. The third kappa shape index (κ3) is 1.99. The van der Waals surface area contributed by atoms with Crippen LogP contribution in [0.1, 0.15) is 23.1 Å². The molecule has 0 aromatic heterocycles. The van der Waals surface area contributed by atoms with Gasteiger partial charge in [-0.2, -0.15) is 0 Å². The fraction of sp³-hybridized carbons (Fsp3) is 0.375. The Hall–Kier alpha value is -2.63. The minimum Gasteiger partial charge on any atom is -0.504 e. The van der Waals surface area contributed by atoms with E-state index in [4.69, 9.17) is 9.47 Å². The van der Waals surface area contributed by atoms with Crippen LogP contribution >= 0.6 is 0 Å². The molecule has 2 aromatic rings. The van der Waals surface area contributed by atoms with Crippen LogP contribution in [0.2, 0.25) is 0 Å². The van der Waals surface area contributed by atoms with E-state index in [1.807, 2.05) is 30.3 Å². The molecule has 1 fully saturated rings. The topological polar surface area (TPSA) is 59.0 Å². The van der Waals surface area contributed by atoms with Crippen LogP contribution < -0.4 is 4.74 Å². The van der Waals surface area contributed by atoms with E-state index in [0.717, 1.165) is 36.1 Å². The molecule has 2 aromatic carbocycles. The van der Waals surface area contributed by atoms with E-state index in [0.29, 0.717) is 12.4 Å². The summed E-state index contributed by atoms with van der Waals surface area (Å²) in [6, 6.07) is 13.9. The van der Waals surface area contributed by atoms with Crippen LogP contribution in [0.3, 0.4) is 0 Å². The summed E-state index contributed by atoms with van der Waals surface area (Å²) in [6.07, 6.45) is 4.51. The quantitative estimate of drug-likeness (QED) is 0.875. The summed E-state index contributed by atoms with van der Waals surface area (Å²) in [5.41, 5.74) is 1.95. The molecule has 4 unspecified atom stereocenters. The van der Waals surface area contributed by atoms with Crippen molar-refractivity contribution in [1.82, 2.24) is 4.90 Å². The van der Waals surface area contributed by atoms with Crippen LogP contribution in [0.15, 0.2) is 54.6 Å². The number of ketones is 1. The van der Waals surface area contributed by atoms with Crippen molar-refractivity contribution in [3.63, 3.8) is 0 Å². The van der Waals surface area contributed by atoms with Gasteiger partial charge >= 0.3 is 0 Å². The van der Waals surface area contributed by atoms with Crippen molar-refractivity contribution >= 4 is 5.78 Å². The largest absolute Gasteiger partial charge is 0.504 e. The Balaban J connectivity index is 1.58. The molecule has 4 aliphatic rings. The first-order valence-corrected chi connectivity index (χ1v) is 10.2. The van der Waals surface area contributed by atoms with Gasteiger partial charge in [0.2, 0.25) is 0 Å². The molecule has 5 heteroatoms. The van der Waals surface area contributed by atoms with Crippen molar-refractivity contribution in [2.75, 3.05) is 13.6 Å². The van der Waals surface area contributed by atoms with Gasteiger partial charge in [-0.05, 0) is 55.8 Å². The van der Waals surface area contributed by atoms with Gasteiger partial charge in [-0.25, -0.2) is 0 Å². The molecular weight excluding hydrogens is 366 g/mol. The maximum atomic E-state index is 13.0. The second kappa shape index (κ2) is 5.71. The Morgan fingerprint density at radius 1 is 1.24 bits per heavy atom. The number of hydrogen-bond donors (Lipinski definition) is 1. The van der Waals surface area contributed by atoms with Crippen LogP contribution in [-0.2, 0) is 28.0 Å². The zero-order valence-electron chi connectivity index (χ0n) is 16.3. The van der Waals surface area contributed by atoms with Crippen molar-refractivity contribution in [3.8, 4) is 11.5 Å². The van der Waals surface area contributed by atoms with Crippen LogP contribution in [0, 0.1) is 0 Å². The monoisotopic (exact) mass is 389 g/mol. The van der Waals surface area contributed by atoms with Gasteiger partial charge in [0.1, 0.15) is 5.60 Å². The molecule has 2 heterocycles. The first-order chi connectivity index (χ1) is 14.1. The van der Waals surface area contributed by atoms with Gasteiger partial charge in [0, 0.05) is 11.6 Å². The normalized spacial score (nSPS) is 34.0. The van der Waals surface area contributed by atoms with Crippen LogP contribution in [0.4, 0.5) is 0 Å². The zero-order chi connectivity index (χ0) is 19.8. The molecule has 148 valence electrons.